The van der Waals surface area contributed by atoms with Gasteiger partial charge >= 0.3 is 0 Å². The first kappa shape index (κ1) is 19.2. The summed E-state index contributed by atoms with van der Waals surface area (Å²) in [4.78, 5) is 14.6. The van der Waals surface area contributed by atoms with Gasteiger partial charge in [-0.3, -0.25) is 4.79 Å². The molecule has 0 bridgehead atoms. The lowest BCUT2D eigenvalue weighted by Gasteiger charge is -2.35. The monoisotopic (exact) mass is 379 g/mol. The molecule has 3 rings (SSSR count). The van der Waals surface area contributed by atoms with Crippen molar-refractivity contribution < 1.29 is 13.2 Å². The van der Waals surface area contributed by atoms with E-state index in [9.17, 15) is 13.2 Å². The number of nitrogens with zero attached hydrogens (tertiary/aromatic N) is 1. The Kier molecular flexibility index (Phi) is 5.87. The summed E-state index contributed by atoms with van der Waals surface area (Å²) in [5, 5.41) is 3.00. The van der Waals surface area contributed by atoms with Gasteiger partial charge in [0.25, 0.3) is 0 Å². The molecule has 1 saturated carbocycles. The van der Waals surface area contributed by atoms with Gasteiger partial charge in [0.2, 0.25) is 5.91 Å². The molecule has 26 heavy (non-hydrogen) atoms. The molecule has 7 heteroatoms. The van der Waals surface area contributed by atoms with E-state index < -0.39 is 9.84 Å². The van der Waals surface area contributed by atoms with Crippen LogP contribution in [0.3, 0.4) is 0 Å². The molecule has 0 spiro atoms. The summed E-state index contributed by atoms with van der Waals surface area (Å²) in [7, 11) is -2.90. The molecule has 144 valence electrons. The predicted octanol–water partition coefficient (Wildman–Crippen LogP) is 2.16. The van der Waals surface area contributed by atoms with Crippen molar-refractivity contribution in [1.29, 1.82) is 0 Å². The first-order valence-electron chi connectivity index (χ1n) is 9.47. The quantitative estimate of drug-likeness (QED) is 0.818. The third-order valence-corrected chi connectivity index (χ3v) is 7.33. The third-order valence-electron chi connectivity index (χ3n) is 5.72. The van der Waals surface area contributed by atoms with Crippen molar-refractivity contribution in [2.75, 3.05) is 41.4 Å². The molecule has 1 aromatic rings. The number of amides is 1. The summed E-state index contributed by atoms with van der Waals surface area (Å²) in [5.74, 6) is 0.376. The molecule has 1 aliphatic heterocycles. The van der Waals surface area contributed by atoms with Crippen molar-refractivity contribution in [3.63, 3.8) is 0 Å². The Labute approximate surface area is 156 Å². The number of nitrogens with two attached hydrogens (primary N) is 1. The molecule has 1 aliphatic carbocycles. The minimum absolute atomic E-state index is 0.00993. The molecule has 1 saturated heterocycles. The molecular formula is C19H29N3O3S. The van der Waals surface area contributed by atoms with Gasteiger partial charge < -0.3 is 16.0 Å². The average molecular weight is 380 g/mol. The van der Waals surface area contributed by atoms with Crippen LogP contribution in [0.25, 0.3) is 0 Å². The summed E-state index contributed by atoms with van der Waals surface area (Å²) in [6.45, 7) is 1.55. The number of nitrogens with one attached hydrogen (secondary N) is 1. The number of hydrogen-bond donors (Lipinski definition) is 2. The first-order valence-corrected chi connectivity index (χ1v) is 11.3. The van der Waals surface area contributed by atoms with Gasteiger partial charge in [-0.2, -0.15) is 0 Å². The molecule has 2 aliphatic rings. The van der Waals surface area contributed by atoms with Gasteiger partial charge in [-0.1, -0.05) is 25.3 Å². The molecule has 1 aromatic carbocycles. The smallest absolute Gasteiger partial charge is 0.224 e. The second-order valence-corrected chi connectivity index (χ2v) is 9.98. The lowest BCUT2D eigenvalue weighted by Crippen LogP contribution is -2.40. The van der Waals surface area contributed by atoms with E-state index in [0.29, 0.717) is 26.1 Å². The zero-order chi connectivity index (χ0) is 18.6. The van der Waals surface area contributed by atoms with Crippen LogP contribution >= 0.6 is 0 Å². The zero-order valence-corrected chi connectivity index (χ0v) is 16.1. The maximum Gasteiger partial charge on any atom is 0.224 e. The number of anilines is 2. The van der Waals surface area contributed by atoms with Gasteiger partial charge in [0.1, 0.15) is 0 Å². The second kappa shape index (κ2) is 7.96. The molecule has 6 nitrogen and oxygen atoms in total. The average Bonchev–Trinajstić information content (AvgIpc) is 2.62. The van der Waals surface area contributed by atoms with Gasteiger partial charge in [-0.15, -0.1) is 0 Å². The van der Waals surface area contributed by atoms with Crippen LogP contribution in [0, 0.1) is 5.41 Å². The van der Waals surface area contributed by atoms with Crippen molar-refractivity contribution in [3.8, 4) is 0 Å². The maximum atomic E-state index is 12.6. The molecule has 1 amide bonds. The number of sulfone groups is 1. The Morgan fingerprint density at radius 3 is 2.50 bits per heavy atom. The summed E-state index contributed by atoms with van der Waals surface area (Å²) >= 11 is 0. The van der Waals surface area contributed by atoms with Crippen LogP contribution in [-0.4, -0.2) is 45.5 Å². The van der Waals surface area contributed by atoms with Crippen molar-refractivity contribution >= 4 is 27.1 Å². The van der Waals surface area contributed by atoms with Crippen LogP contribution < -0.4 is 16.0 Å². The second-order valence-electron chi connectivity index (χ2n) is 7.68. The number of carbonyl (C=O) groups is 1. The van der Waals surface area contributed by atoms with Crippen LogP contribution in [0.2, 0.25) is 0 Å². The zero-order valence-electron chi connectivity index (χ0n) is 15.2. The Balaban J connectivity index is 1.62. The topological polar surface area (TPSA) is 92.5 Å². The fourth-order valence-corrected chi connectivity index (χ4v) is 5.25. The SMILES string of the molecule is NCC1(CC(=O)Nc2cccc(N3CCS(=O)(=O)CC3)c2)CCCCC1. The van der Waals surface area contributed by atoms with Gasteiger partial charge in [0.05, 0.1) is 11.5 Å². The number of carbonyl (C=O) groups excluding carboxylic acids is 1. The standard InChI is InChI=1S/C19H29N3O3S/c20-15-19(7-2-1-3-8-19)14-18(23)21-16-5-4-6-17(13-16)22-9-11-26(24,25)12-10-22/h4-6,13H,1-3,7-12,14-15,20H2,(H,21,23). The van der Waals surface area contributed by atoms with E-state index in [1.165, 1.54) is 6.42 Å². The molecule has 0 unspecified atom stereocenters. The Bertz CT molecular complexity index is 728. The molecule has 0 aromatic heterocycles. The van der Waals surface area contributed by atoms with E-state index in [2.05, 4.69) is 10.2 Å². The molecule has 3 N–H and O–H groups in total. The van der Waals surface area contributed by atoms with Gasteiger partial charge in [0, 0.05) is 30.9 Å². The van der Waals surface area contributed by atoms with Crippen LogP contribution in [0.4, 0.5) is 11.4 Å². The van der Waals surface area contributed by atoms with Crippen LogP contribution in [0.5, 0.6) is 0 Å². The van der Waals surface area contributed by atoms with E-state index in [-0.39, 0.29) is 22.8 Å². The predicted molar refractivity (Wildman–Crippen MR) is 105 cm³/mol. The summed E-state index contributed by atoms with van der Waals surface area (Å²) in [6.07, 6.45) is 6.06. The van der Waals surface area contributed by atoms with E-state index in [1.54, 1.807) is 0 Å². The normalized spacial score (nSPS) is 22.0. The van der Waals surface area contributed by atoms with E-state index in [4.69, 9.17) is 5.73 Å². The van der Waals surface area contributed by atoms with Crippen LogP contribution in [-0.2, 0) is 14.6 Å². The van der Waals surface area contributed by atoms with Crippen LogP contribution in [0.1, 0.15) is 38.5 Å². The largest absolute Gasteiger partial charge is 0.369 e. The highest BCUT2D eigenvalue weighted by atomic mass is 32.2. The lowest BCUT2D eigenvalue weighted by molar-refractivity contribution is -0.118. The van der Waals surface area contributed by atoms with Crippen molar-refractivity contribution in [2.24, 2.45) is 11.1 Å². The fourth-order valence-electron chi connectivity index (χ4n) is 4.05. The first-order chi connectivity index (χ1) is 12.4. The van der Waals surface area contributed by atoms with Crippen LogP contribution in [0.15, 0.2) is 24.3 Å². The van der Waals surface area contributed by atoms with E-state index >= 15 is 0 Å². The Morgan fingerprint density at radius 2 is 1.85 bits per heavy atom. The van der Waals surface area contributed by atoms with Crippen molar-refractivity contribution in [1.82, 2.24) is 0 Å². The van der Waals surface area contributed by atoms with E-state index in [1.807, 2.05) is 24.3 Å². The Morgan fingerprint density at radius 1 is 1.15 bits per heavy atom. The molecule has 0 radical (unpaired) electrons. The highest BCUT2D eigenvalue weighted by Crippen LogP contribution is 2.38. The summed E-state index contributed by atoms with van der Waals surface area (Å²) in [6, 6.07) is 7.65. The molecular weight excluding hydrogens is 350 g/mol. The van der Waals surface area contributed by atoms with Gasteiger partial charge in [-0.25, -0.2) is 8.42 Å². The van der Waals surface area contributed by atoms with Crippen molar-refractivity contribution in [2.45, 2.75) is 38.5 Å². The van der Waals surface area contributed by atoms with Gasteiger partial charge in [0.15, 0.2) is 9.84 Å². The fraction of sp³-hybridized carbons (Fsp3) is 0.632. The van der Waals surface area contributed by atoms with E-state index in [0.717, 1.165) is 37.1 Å². The molecule has 1 heterocycles. The minimum Gasteiger partial charge on any atom is -0.369 e. The lowest BCUT2D eigenvalue weighted by atomic mass is 9.71. The third kappa shape index (κ3) is 4.76. The number of benzene rings is 1. The molecule has 0 atom stereocenters. The Hall–Kier alpha value is -1.60. The maximum absolute atomic E-state index is 12.6. The number of rotatable bonds is 5. The summed E-state index contributed by atoms with van der Waals surface area (Å²) < 4.78 is 23.2. The molecule has 2 fully saturated rings. The number of hydrogen-bond acceptors (Lipinski definition) is 5. The summed E-state index contributed by atoms with van der Waals surface area (Å²) in [5.41, 5.74) is 7.64. The van der Waals surface area contributed by atoms with Gasteiger partial charge in [-0.05, 0) is 43.0 Å². The van der Waals surface area contributed by atoms with Crippen molar-refractivity contribution in [3.05, 3.63) is 24.3 Å². The highest BCUT2D eigenvalue weighted by molar-refractivity contribution is 7.91. The minimum atomic E-state index is -2.90. The highest BCUT2D eigenvalue weighted by Gasteiger charge is 2.33.